The minimum Gasteiger partial charge on any atom is -0.497 e. The van der Waals surface area contributed by atoms with Gasteiger partial charge in [0.05, 0.1) is 23.8 Å². The van der Waals surface area contributed by atoms with Crippen LogP contribution in [0.5, 0.6) is 28.7 Å². The molecule has 276 valence electrons. The SMILES string of the molecule is COc1ccc2c(c1)Oc1cc(OC(=O)c3ccccc3S)ccc1C21OC(=O)c2ccccc21.O=C(Oc1ccc2ccc(=O)oc2c1)c1ccccc1S. The van der Waals surface area contributed by atoms with Crippen molar-refractivity contribution in [2.75, 3.05) is 7.11 Å². The summed E-state index contributed by atoms with van der Waals surface area (Å²) in [5, 5.41) is 0.754. The molecule has 6 aromatic carbocycles. The quantitative estimate of drug-likeness (QED) is 0.0756. The molecule has 0 radical (unpaired) electrons. The second-order valence-electron chi connectivity index (χ2n) is 12.5. The Balaban J connectivity index is 0.000000179. The van der Waals surface area contributed by atoms with Crippen molar-refractivity contribution in [3.8, 4) is 28.7 Å². The molecule has 10 nitrogen and oxygen atoms in total. The molecule has 1 aromatic heterocycles. The number of methoxy groups -OCH3 is 1. The van der Waals surface area contributed by atoms with Crippen LogP contribution in [0, 0.1) is 0 Å². The summed E-state index contributed by atoms with van der Waals surface area (Å²) in [4.78, 5) is 50.0. The summed E-state index contributed by atoms with van der Waals surface area (Å²) in [5.41, 5.74) is 1.94. The molecule has 2 aliphatic rings. The van der Waals surface area contributed by atoms with E-state index in [4.69, 9.17) is 28.1 Å². The molecular weight excluding hydrogens is 753 g/mol. The predicted molar refractivity (Wildman–Crippen MR) is 211 cm³/mol. The highest BCUT2D eigenvalue weighted by atomic mass is 32.1. The Hall–Kier alpha value is -6.76. The maximum atomic E-state index is 12.9. The van der Waals surface area contributed by atoms with E-state index in [0.717, 1.165) is 10.9 Å². The van der Waals surface area contributed by atoms with Gasteiger partial charge in [0.15, 0.2) is 5.60 Å². The largest absolute Gasteiger partial charge is 0.497 e. The summed E-state index contributed by atoms with van der Waals surface area (Å²) in [6, 6.07) is 39.3. The number of rotatable bonds is 5. The second-order valence-corrected chi connectivity index (χ2v) is 13.5. The van der Waals surface area contributed by atoms with Gasteiger partial charge in [0.2, 0.25) is 0 Å². The highest BCUT2D eigenvalue weighted by molar-refractivity contribution is 7.80. The van der Waals surface area contributed by atoms with Crippen molar-refractivity contribution >= 4 is 54.1 Å². The lowest BCUT2D eigenvalue weighted by molar-refractivity contribution is 0.0224. The Morgan fingerprint density at radius 1 is 0.589 bits per heavy atom. The first kappa shape index (κ1) is 36.2. The van der Waals surface area contributed by atoms with Crippen molar-refractivity contribution in [1.82, 2.24) is 0 Å². The Morgan fingerprint density at radius 2 is 1.12 bits per heavy atom. The fraction of sp³-hybridized carbons (Fsp3) is 0.0455. The van der Waals surface area contributed by atoms with Crippen LogP contribution >= 0.6 is 25.3 Å². The van der Waals surface area contributed by atoms with Crippen molar-refractivity contribution in [3.05, 3.63) is 183 Å². The molecule has 12 heteroatoms. The van der Waals surface area contributed by atoms with E-state index in [2.05, 4.69) is 25.3 Å². The molecule has 0 fully saturated rings. The van der Waals surface area contributed by atoms with Crippen LogP contribution in [-0.4, -0.2) is 25.0 Å². The minimum atomic E-state index is -1.21. The van der Waals surface area contributed by atoms with Crippen LogP contribution in [-0.2, 0) is 10.3 Å². The first-order valence-electron chi connectivity index (χ1n) is 17.0. The van der Waals surface area contributed by atoms with Crippen LogP contribution in [0.1, 0.15) is 47.8 Å². The van der Waals surface area contributed by atoms with Crippen LogP contribution in [0.3, 0.4) is 0 Å². The summed E-state index contributed by atoms with van der Waals surface area (Å²) in [6.45, 7) is 0. The molecule has 3 heterocycles. The Labute approximate surface area is 330 Å². The summed E-state index contributed by atoms with van der Waals surface area (Å²) < 4.78 is 33.7. The third-order valence-corrected chi connectivity index (χ3v) is 9.94. The number of benzene rings is 6. The van der Waals surface area contributed by atoms with Gasteiger partial charge < -0.3 is 28.1 Å². The van der Waals surface area contributed by atoms with Gasteiger partial charge in [-0.2, -0.15) is 0 Å². The van der Waals surface area contributed by atoms with Crippen molar-refractivity contribution in [3.63, 3.8) is 0 Å². The van der Waals surface area contributed by atoms with E-state index in [9.17, 15) is 19.2 Å². The van der Waals surface area contributed by atoms with Gasteiger partial charge in [-0.05, 0) is 72.8 Å². The number of fused-ring (bicyclic) bond motifs is 7. The number of esters is 3. The lowest BCUT2D eigenvalue weighted by atomic mass is 9.77. The van der Waals surface area contributed by atoms with Crippen molar-refractivity contribution in [2.24, 2.45) is 0 Å². The van der Waals surface area contributed by atoms with Gasteiger partial charge in [0, 0.05) is 56.1 Å². The Bertz CT molecular complexity index is 2780. The van der Waals surface area contributed by atoms with E-state index in [1.54, 1.807) is 116 Å². The fourth-order valence-corrected chi connectivity index (χ4v) is 7.05. The normalized spacial score (nSPS) is 14.6. The zero-order chi connectivity index (χ0) is 39.0. The van der Waals surface area contributed by atoms with E-state index in [1.165, 1.54) is 12.1 Å². The van der Waals surface area contributed by atoms with E-state index in [1.807, 2.05) is 18.2 Å². The van der Waals surface area contributed by atoms with Gasteiger partial charge in [0.25, 0.3) is 0 Å². The molecule has 1 spiro atoms. The summed E-state index contributed by atoms with van der Waals surface area (Å²) in [5.74, 6) is 0.580. The lowest BCUT2D eigenvalue weighted by Crippen LogP contribution is -2.33. The molecule has 1 unspecified atom stereocenters. The first-order chi connectivity index (χ1) is 27.1. The first-order valence-corrected chi connectivity index (χ1v) is 17.9. The van der Waals surface area contributed by atoms with E-state index < -0.39 is 29.1 Å². The molecule has 1 atom stereocenters. The molecule has 0 saturated heterocycles. The third-order valence-electron chi connectivity index (χ3n) is 9.16. The maximum absolute atomic E-state index is 12.9. The number of carbonyl (C=O) groups excluding carboxylic acids is 3. The average molecular weight is 781 g/mol. The zero-order valence-corrected chi connectivity index (χ0v) is 31.0. The molecule has 9 rings (SSSR count). The average Bonchev–Trinajstić information content (AvgIpc) is 3.50. The van der Waals surface area contributed by atoms with Crippen LogP contribution in [0.4, 0.5) is 0 Å². The minimum absolute atomic E-state index is 0.282. The highest BCUT2D eigenvalue weighted by Gasteiger charge is 2.53. The zero-order valence-electron chi connectivity index (χ0n) is 29.3. The van der Waals surface area contributed by atoms with Crippen LogP contribution < -0.4 is 24.6 Å². The van der Waals surface area contributed by atoms with Crippen molar-refractivity contribution in [2.45, 2.75) is 15.4 Å². The van der Waals surface area contributed by atoms with Gasteiger partial charge in [-0.1, -0.05) is 42.5 Å². The Kier molecular flexibility index (Phi) is 9.59. The maximum Gasteiger partial charge on any atom is 0.344 e. The molecular formula is C44H28O10S2. The summed E-state index contributed by atoms with van der Waals surface area (Å²) in [7, 11) is 1.57. The monoisotopic (exact) mass is 780 g/mol. The summed E-state index contributed by atoms with van der Waals surface area (Å²) >= 11 is 8.55. The van der Waals surface area contributed by atoms with E-state index in [0.29, 0.717) is 66.2 Å². The van der Waals surface area contributed by atoms with Crippen molar-refractivity contribution in [1.29, 1.82) is 0 Å². The van der Waals surface area contributed by atoms with Gasteiger partial charge >= 0.3 is 23.5 Å². The molecule has 0 bridgehead atoms. The lowest BCUT2D eigenvalue weighted by Gasteiger charge is -2.36. The van der Waals surface area contributed by atoms with E-state index >= 15 is 0 Å². The van der Waals surface area contributed by atoms with Gasteiger partial charge in [-0.3, -0.25) is 0 Å². The van der Waals surface area contributed by atoms with Crippen LogP contribution in [0.25, 0.3) is 11.0 Å². The van der Waals surface area contributed by atoms with Crippen LogP contribution in [0.2, 0.25) is 0 Å². The molecule has 56 heavy (non-hydrogen) atoms. The summed E-state index contributed by atoms with van der Waals surface area (Å²) in [6.07, 6.45) is 0. The number of thiol groups is 2. The topological polar surface area (TPSA) is 128 Å². The van der Waals surface area contributed by atoms with E-state index in [-0.39, 0.29) is 5.75 Å². The van der Waals surface area contributed by atoms with Crippen LogP contribution in [0.15, 0.2) is 159 Å². The Morgan fingerprint density at radius 3 is 1.77 bits per heavy atom. The molecule has 7 aromatic rings. The molecule has 2 aliphatic heterocycles. The van der Waals surface area contributed by atoms with Gasteiger partial charge in [-0.25, -0.2) is 19.2 Å². The fourth-order valence-electron chi connectivity index (χ4n) is 6.55. The smallest absolute Gasteiger partial charge is 0.344 e. The van der Waals surface area contributed by atoms with Gasteiger partial charge in [-0.15, -0.1) is 25.3 Å². The number of hydrogen-bond donors (Lipinski definition) is 2. The number of carbonyl (C=O) groups is 3. The number of hydrogen-bond acceptors (Lipinski definition) is 12. The second kappa shape index (κ2) is 14.8. The molecule has 0 saturated carbocycles. The third kappa shape index (κ3) is 6.65. The standard InChI is InChI=1S/C28H18O6S.C16H10O4S/c1-31-16-10-12-21-23(14-16)33-24-15-17(32-26(29)19-7-3-5-9-25(19)35)11-13-22(24)28(21)20-8-4-2-6-18(20)27(30)34-28;17-15-8-6-10-5-7-11(9-13(10)20-15)19-16(18)12-3-1-2-4-14(12)21/h2-15,35H,1H3;1-9,21H. The molecule has 0 aliphatic carbocycles. The molecule has 0 N–H and O–H groups in total. The number of ether oxygens (including phenoxy) is 5. The van der Waals surface area contributed by atoms with Gasteiger partial charge in [0.1, 0.15) is 34.3 Å². The van der Waals surface area contributed by atoms with Crippen molar-refractivity contribution < 1.29 is 42.5 Å². The highest BCUT2D eigenvalue weighted by Crippen LogP contribution is 2.57. The predicted octanol–water partition coefficient (Wildman–Crippen LogP) is 9.07. The molecule has 0 amide bonds.